The summed E-state index contributed by atoms with van der Waals surface area (Å²) in [5.74, 6) is 1.82. The first-order valence-electron chi connectivity index (χ1n) is 26.7. The number of benzene rings is 3. The predicted molar refractivity (Wildman–Crippen MR) is 273 cm³/mol. The van der Waals surface area contributed by atoms with E-state index in [1.165, 1.54) is 0 Å². The Balaban J connectivity index is 0.875. The van der Waals surface area contributed by atoms with Crippen LogP contribution in [0.25, 0.3) is 32.7 Å². The summed E-state index contributed by atoms with van der Waals surface area (Å²) in [6.07, 6.45) is 9.97. The minimum Gasteiger partial charge on any atom is -0.497 e. The van der Waals surface area contributed by atoms with Gasteiger partial charge in [0.15, 0.2) is 0 Å². The number of esters is 3. The summed E-state index contributed by atoms with van der Waals surface area (Å²) in [6.45, 7) is 4.73. The minimum absolute atomic E-state index is 0.0593. The molecule has 378 valence electrons. The number of rotatable bonds is 5. The van der Waals surface area contributed by atoms with Crippen LogP contribution in [0.3, 0.4) is 0 Å². The van der Waals surface area contributed by atoms with Crippen molar-refractivity contribution in [1.82, 2.24) is 29.7 Å². The predicted octanol–water partition coefficient (Wildman–Crippen LogP) is 8.82. The third kappa shape index (κ3) is 8.66. The number of hydrogen-bond acceptors (Lipinski definition) is 14. The van der Waals surface area contributed by atoms with Crippen molar-refractivity contribution < 1.29 is 38.1 Å². The number of para-hydroxylation sites is 1. The average molecular weight is 985 g/mol. The van der Waals surface area contributed by atoms with Gasteiger partial charge in [-0.15, -0.1) is 0 Å². The number of piperidine rings is 9. The van der Waals surface area contributed by atoms with Crippen molar-refractivity contribution in [3.8, 4) is 11.5 Å². The number of methoxy groups -OCH3 is 2. The summed E-state index contributed by atoms with van der Waals surface area (Å²) >= 11 is 0. The van der Waals surface area contributed by atoms with E-state index in [4.69, 9.17) is 38.6 Å². The second kappa shape index (κ2) is 19.2. The van der Waals surface area contributed by atoms with E-state index in [1.54, 1.807) is 14.2 Å². The maximum Gasteiger partial charge on any atom is 0.306 e. The maximum atomic E-state index is 14.7. The zero-order valence-corrected chi connectivity index (χ0v) is 41.7. The average Bonchev–Trinajstić information content (AvgIpc) is 3.43. The van der Waals surface area contributed by atoms with Crippen LogP contribution < -0.4 is 9.47 Å². The molecule has 73 heavy (non-hydrogen) atoms. The first kappa shape index (κ1) is 46.6. The van der Waals surface area contributed by atoms with Crippen molar-refractivity contribution in [2.75, 3.05) is 53.5 Å². The summed E-state index contributed by atoms with van der Waals surface area (Å²) in [6, 6.07) is 25.7. The molecule has 12 bridgehead atoms. The van der Waals surface area contributed by atoms with Gasteiger partial charge in [0.2, 0.25) is 0 Å². The Morgan fingerprint density at radius 3 is 1.19 bits per heavy atom. The van der Waals surface area contributed by atoms with Crippen LogP contribution in [-0.2, 0) is 28.6 Å². The SMILES string of the molecule is COc1ccc2nccc([C@H]3OC(=O)C[C@H]4CN5CC[C@H]4C[C@H]5[C@@H](c4ccnc5ccccc45)OC(=O)C[C@H]4CN5CC[C@H]4C[C@H]5[C@@H](c4ccnc5ccc(OC)cc45)OC(=O)C[C@@H]4CN5CC[C@@H]4C[C@H]35)c2c1. The molecule has 0 N–H and O–H groups in total. The highest BCUT2D eigenvalue weighted by atomic mass is 16.6. The monoisotopic (exact) mass is 984 g/mol. The summed E-state index contributed by atoms with van der Waals surface area (Å²) in [5, 5.41) is 2.78. The molecule has 15 saturated heterocycles. The molecular formula is C59H64N6O8. The van der Waals surface area contributed by atoms with Gasteiger partial charge in [-0.3, -0.25) is 44.0 Å². The fraction of sp³-hybridized carbons (Fsp3) is 0.492. The van der Waals surface area contributed by atoms with E-state index in [-0.39, 0.29) is 78.0 Å². The molecule has 21 rings (SSSR count). The molecule has 3 unspecified atom stereocenters. The molecule has 0 saturated carbocycles. The number of nitrogens with zero attached hydrogens (tertiary/aromatic N) is 6. The van der Waals surface area contributed by atoms with Gasteiger partial charge in [-0.05, 0) is 154 Å². The van der Waals surface area contributed by atoms with Crippen molar-refractivity contribution in [2.45, 2.75) is 94.2 Å². The molecule has 0 radical (unpaired) electrons. The van der Waals surface area contributed by atoms with Crippen molar-refractivity contribution in [2.24, 2.45) is 35.5 Å². The van der Waals surface area contributed by atoms with Gasteiger partial charge in [-0.2, -0.15) is 0 Å². The number of aromatic nitrogens is 3. The Kier molecular flexibility index (Phi) is 12.3. The Hall–Kier alpha value is -6.22. The van der Waals surface area contributed by atoms with E-state index < -0.39 is 18.3 Å². The Morgan fingerprint density at radius 1 is 0.452 bits per heavy atom. The largest absolute Gasteiger partial charge is 0.497 e. The summed E-state index contributed by atoms with van der Waals surface area (Å²) in [7, 11) is 3.32. The molecular weight excluding hydrogens is 921 g/mol. The Labute approximate surface area is 425 Å². The van der Waals surface area contributed by atoms with Crippen LogP contribution in [0.4, 0.5) is 0 Å². The van der Waals surface area contributed by atoms with Crippen molar-refractivity contribution >= 4 is 50.6 Å². The molecule has 18 heterocycles. The number of hydrogen-bond donors (Lipinski definition) is 0. The lowest BCUT2D eigenvalue weighted by Gasteiger charge is -2.53. The molecule has 6 aromatic rings. The van der Waals surface area contributed by atoms with Gasteiger partial charge < -0.3 is 23.7 Å². The van der Waals surface area contributed by atoms with Gasteiger partial charge in [0.05, 0.1) is 48.9 Å². The summed E-state index contributed by atoms with van der Waals surface area (Å²) in [5.41, 5.74) is 5.28. The molecule has 3 aromatic carbocycles. The van der Waals surface area contributed by atoms with Gasteiger partial charge in [0.25, 0.3) is 0 Å². The quantitative estimate of drug-likeness (QED) is 0.120. The molecule has 0 aliphatic carbocycles. The van der Waals surface area contributed by atoms with Gasteiger partial charge in [0.1, 0.15) is 29.8 Å². The van der Waals surface area contributed by atoms with E-state index in [2.05, 4.69) is 20.8 Å². The van der Waals surface area contributed by atoms with Gasteiger partial charge in [-0.1, -0.05) is 18.2 Å². The molecule has 15 atom stereocenters. The first-order valence-corrected chi connectivity index (χ1v) is 26.7. The summed E-state index contributed by atoms with van der Waals surface area (Å²) in [4.78, 5) is 65.7. The van der Waals surface area contributed by atoms with Gasteiger partial charge in [0, 0.05) is 90.3 Å². The van der Waals surface area contributed by atoms with Crippen LogP contribution in [0.1, 0.15) is 92.8 Å². The lowest BCUT2D eigenvalue weighted by atomic mass is 9.71. The van der Waals surface area contributed by atoms with Crippen LogP contribution in [0.5, 0.6) is 11.5 Å². The first-order chi connectivity index (χ1) is 35.7. The zero-order chi connectivity index (χ0) is 49.3. The van der Waals surface area contributed by atoms with Crippen molar-refractivity contribution in [3.05, 3.63) is 114 Å². The van der Waals surface area contributed by atoms with Crippen LogP contribution in [0.15, 0.2) is 97.5 Å². The van der Waals surface area contributed by atoms with Crippen molar-refractivity contribution in [3.63, 3.8) is 0 Å². The smallest absolute Gasteiger partial charge is 0.306 e. The fourth-order valence-corrected chi connectivity index (χ4v) is 14.8. The van der Waals surface area contributed by atoms with Gasteiger partial charge in [-0.25, -0.2) is 0 Å². The molecule has 15 aliphatic heterocycles. The molecule has 15 aliphatic rings. The summed E-state index contributed by atoms with van der Waals surface area (Å²) < 4.78 is 32.1. The fourth-order valence-electron chi connectivity index (χ4n) is 14.8. The number of fused-ring (bicyclic) bond motifs is 6. The lowest BCUT2D eigenvalue weighted by molar-refractivity contribution is -0.168. The highest BCUT2D eigenvalue weighted by molar-refractivity contribution is 5.86. The van der Waals surface area contributed by atoms with Gasteiger partial charge >= 0.3 is 17.9 Å². The standard InChI is InChI=1S/C59H64N6O8/c1-69-40-7-9-49-46(29-40)44(12-18-61-49)58-52-24-35-15-21-64(52)32-37(35)26-54(66)71-57(43-11-17-60-48-6-4-3-5-42(43)48)51-23-34-14-20-63(51)31-38(34)27-55(67)72-59(45-13-19-62-50-10-8-41(70-2)30-47(45)50)53-25-36-16-22-65(53)33-39(36)28-56(68)73-58/h3-13,17-19,29-30,34-39,51-53,57-59H,14-16,20-28,31-33H2,1-2H3/t34-,35-,36+,37-,38-,39+,51-,52-,53+,57+,58+,59+/m0/s1. The molecule has 15 fully saturated rings. The molecule has 14 nitrogen and oxygen atoms in total. The topological polar surface area (TPSA) is 146 Å². The van der Waals surface area contributed by atoms with Crippen molar-refractivity contribution in [1.29, 1.82) is 0 Å². The van der Waals surface area contributed by atoms with Crippen LogP contribution >= 0.6 is 0 Å². The van der Waals surface area contributed by atoms with E-state index >= 15 is 0 Å². The highest BCUT2D eigenvalue weighted by Gasteiger charge is 2.51. The lowest BCUT2D eigenvalue weighted by Crippen LogP contribution is -2.57. The molecule has 0 spiro atoms. The molecule has 3 aromatic heterocycles. The third-order valence-electron chi connectivity index (χ3n) is 18.5. The Morgan fingerprint density at radius 2 is 0.822 bits per heavy atom. The van der Waals surface area contributed by atoms with Crippen LogP contribution in [-0.4, -0.2) is 119 Å². The van der Waals surface area contributed by atoms with Crippen LogP contribution in [0, 0.1) is 35.5 Å². The second-order valence-corrected chi connectivity index (χ2v) is 22.1. The maximum absolute atomic E-state index is 14.7. The number of carbonyl (C=O) groups excluding carboxylic acids is 3. The van der Waals surface area contributed by atoms with E-state index in [1.807, 2.05) is 91.4 Å². The molecule has 0 amide bonds. The Bertz CT molecular complexity index is 3010. The molecule has 14 heteroatoms. The minimum atomic E-state index is -0.565. The number of ether oxygens (including phenoxy) is 5. The van der Waals surface area contributed by atoms with E-state index in [0.717, 1.165) is 114 Å². The highest BCUT2D eigenvalue weighted by Crippen LogP contribution is 2.49. The normalized spacial score (nSPS) is 34.4. The second-order valence-electron chi connectivity index (χ2n) is 22.1. The number of pyridine rings is 3. The number of carbonyl (C=O) groups is 3. The van der Waals surface area contributed by atoms with E-state index in [9.17, 15) is 14.4 Å². The third-order valence-corrected chi connectivity index (χ3v) is 18.5. The van der Waals surface area contributed by atoms with Crippen LogP contribution in [0.2, 0.25) is 0 Å². The van der Waals surface area contributed by atoms with E-state index in [0.29, 0.717) is 37.4 Å². The zero-order valence-electron chi connectivity index (χ0n) is 41.7.